The van der Waals surface area contributed by atoms with Crippen molar-refractivity contribution in [3.63, 3.8) is 0 Å². The molecular weight excluding hydrogens is 667 g/mol. The van der Waals surface area contributed by atoms with Gasteiger partial charge in [-0.15, -0.1) is 0 Å². The third-order valence-corrected chi connectivity index (χ3v) is 11.1. The Morgan fingerprint density at radius 2 is 0.727 bits per heavy atom. The van der Waals surface area contributed by atoms with Gasteiger partial charge in [-0.2, -0.15) is 0 Å². The molecule has 0 aliphatic rings. The highest BCUT2D eigenvalue weighted by Gasteiger charge is 2.18. The lowest BCUT2D eigenvalue weighted by atomic mass is 10.0. The van der Waals surface area contributed by atoms with Gasteiger partial charge in [0.05, 0.1) is 22.1 Å². The third-order valence-electron chi connectivity index (χ3n) is 11.1. The average molecular weight is 702 g/mol. The van der Waals surface area contributed by atoms with E-state index in [9.17, 15) is 0 Å². The fourth-order valence-corrected chi connectivity index (χ4v) is 8.52. The molecule has 0 atom stereocenters. The number of aromatic nitrogens is 2. The second-order valence-electron chi connectivity index (χ2n) is 14.2. The lowest BCUT2D eigenvalue weighted by molar-refractivity contribution is 1.18. The van der Waals surface area contributed by atoms with Crippen molar-refractivity contribution in [2.45, 2.75) is 0 Å². The van der Waals surface area contributed by atoms with Crippen LogP contribution in [0.2, 0.25) is 0 Å². The SMILES string of the molecule is c1ccc(N(c2ccc(-c3ccc(-n4c5ccccc5c5cc6ccccc6cc54)cc3)cc2)c2ccc3c(c2)c2ccccc2n3-c2ccccc2)cc1. The van der Waals surface area contributed by atoms with Crippen LogP contribution >= 0.6 is 0 Å². The highest BCUT2D eigenvalue weighted by Crippen LogP contribution is 2.41. The van der Waals surface area contributed by atoms with Crippen molar-refractivity contribution in [2.75, 3.05) is 4.90 Å². The summed E-state index contributed by atoms with van der Waals surface area (Å²) in [6.07, 6.45) is 0. The standard InChI is InChI=1S/C52H35N3/c1-3-15-40(16-4-1)53(44-31-32-51-48(35-44)46-20-10-11-21-49(46)54(51)41-17-5-2-6-18-41)42-27-23-36(24-28-42)37-25-29-43(30-26-37)55-50-22-12-9-19-45(50)47-33-38-13-7-8-14-39(38)34-52(47)55/h1-35H. The van der Waals surface area contributed by atoms with Crippen molar-refractivity contribution in [3.8, 4) is 22.5 Å². The maximum absolute atomic E-state index is 2.40. The van der Waals surface area contributed by atoms with Gasteiger partial charge in [-0.1, -0.05) is 121 Å². The van der Waals surface area contributed by atoms with E-state index in [-0.39, 0.29) is 0 Å². The minimum absolute atomic E-state index is 1.11. The molecule has 0 N–H and O–H groups in total. The molecule has 0 fully saturated rings. The first kappa shape index (κ1) is 31.2. The Hall–Kier alpha value is -7.36. The van der Waals surface area contributed by atoms with E-state index in [0.29, 0.717) is 0 Å². The van der Waals surface area contributed by atoms with Gasteiger partial charge in [0.25, 0.3) is 0 Å². The molecule has 11 rings (SSSR count). The van der Waals surface area contributed by atoms with E-state index in [1.807, 2.05) is 0 Å². The Morgan fingerprint density at radius 3 is 1.40 bits per heavy atom. The number of para-hydroxylation sites is 4. The van der Waals surface area contributed by atoms with Crippen LogP contribution in [0.5, 0.6) is 0 Å². The number of hydrogen-bond donors (Lipinski definition) is 0. The molecule has 3 nitrogen and oxygen atoms in total. The quantitative estimate of drug-likeness (QED) is 0.168. The predicted octanol–water partition coefficient (Wildman–Crippen LogP) is 14.2. The molecule has 2 aromatic heterocycles. The smallest absolute Gasteiger partial charge is 0.0547 e. The molecule has 0 radical (unpaired) electrons. The van der Waals surface area contributed by atoms with Gasteiger partial charge >= 0.3 is 0 Å². The minimum Gasteiger partial charge on any atom is -0.310 e. The molecule has 0 aliphatic heterocycles. The van der Waals surface area contributed by atoms with Crippen LogP contribution in [-0.2, 0) is 0 Å². The van der Waals surface area contributed by atoms with Crippen LogP contribution in [0.25, 0.3) is 76.9 Å². The summed E-state index contributed by atoms with van der Waals surface area (Å²) in [4.78, 5) is 2.35. The zero-order chi connectivity index (χ0) is 36.3. The molecule has 258 valence electrons. The van der Waals surface area contributed by atoms with Crippen LogP contribution in [0.4, 0.5) is 17.1 Å². The predicted molar refractivity (Wildman–Crippen MR) is 233 cm³/mol. The average Bonchev–Trinajstić information content (AvgIpc) is 3.76. The summed E-state index contributed by atoms with van der Waals surface area (Å²) in [7, 11) is 0. The van der Waals surface area contributed by atoms with Gasteiger partial charge in [-0.05, 0) is 113 Å². The van der Waals surface area contributed by atoms with Gasteiger partial charge in [0, 0.05) is 50.0 Å². The second-order valence-corrected chi connectivity index (χ2v) is 14.2. The Balaban J connectivity index is 0.977. The van der Waals surface area contributed by atoms with E-state index in [0.717, 1.165) is 28.4 Å². The number of rotatable bonds is 6. The topological polar surface area (TPSA) is 13.1 Å². The highest BCUT2D eigenvalue weighted by atomic mass is 15.1. The van der Waals surface area contributed by atoms with E-state index in [2.05, 4.69) is 226 Å². The first-order valence-corrected chi connectivity index (χ1v) is 18.9. The van der Waals surface area contributed by atoms with Crippen molar-refractivity contribution in [1.29, 1.82) is 0 Å². The molecule has 3 heteroatoms. The van der Waals surface area contributed by atoms with Crippen molar-refractivity contribution in [2.24, 2.45) is 0 Å². The number of benzene rings is 9. The lowest BCUT2D eigenvalue weighted by Gasteiger charge is -2.26. The molecule has 0 saturated carbocycles. The largest absolute Gasteiger partial charge is 0.310 e. The molecular formula is C52H35N3. The summed E-state index contributed by atoms with van der Waals surface area (Å²) in [5.74, 6) is 0. The minimum atomic E-state index is 1.11. The van der Waals surface area contributed by atoms with Gasteiger partial charge in [-0.3, -0.25) is 0 Å². The van der Waals surface area contributed by atoms with E-state index in [4.69, 9.17) is 0 Å². The van der Waals surface area contributed by atoms with Gasteiger partial charge < -0.3 is 14.0 Å². The lowest BCUT2D eigenvalue weighted by Crippen LogP contribution is -2.09. The molecule has 11 aromatic rings. The highest BCUT2D eigenvalue weighted by molar-refractivity contribution is 6.14. The molecule has 0 aliphatic carbocycles. The summed E-state index contributed by atoms with van der Waals surface area (Å²) < 4.78 is 4.76. The molecule has 0 saturated heterocycles. The zero-order valence-electron chi connectivity index (χ0n) is 30.0. The Bertz CT molecular complexity index is 3170. The van der Waals surface area contributed by atoms with Crippen molar-refractivity contribution >= 4 is 71.4 Å². The molecule has 0 spiro atoms. The summed E-state index contributed by atoms with van der Waals surface area (Å²) in [5, 5.41) is 7.53. The second kappa shape index (κ2) is 12.6. The normalized spacial score (nSPS) is 11.6. The Morgan fingerprint density at radius 1 is 0.273 bits per heavy atom. The first-order valence-electron chi connectivity index (χ1n) is 18.9. The molecule has 0 bridgehead atoms. The first-order chi connectivity index (χ1) is 27.3. The van der Waals surface area contributed by atoms with Crippen molar-refractivity contribution < 1.29 is 0 Å². The third kappa shape index (κ3) is 5.13. The van der Waals surface area contributed by atoms with Crippen LogP contribution in [0.1, 0.15) is 0 Å². The van der Waals surface area contributed by atoms with Crippen LogP contribution in [0.3, 0.4) is 0 Å². The summed E-state index contributed by atoms with van der Waals surface area (Å²) in [6.45, 7) is 0. The zero-order valence-corrected chi connectivity index (χ0v) is 30.0. The molecule has 2 heterocycles. The van der Waals surface area contributed by atoms with Crippen LogP contribution < -0.4 is 4.90 Å². The van der Waals surface area contributed by atoms with E-state index in [1.165, 1.54) is 65.5 Å². The van der Waals surface area contributed by atoms with Crippen LogP contribution in [0, 0.1) is 0 Å². The maximum Gasteiger partial charge on any atom is 0.0547 e. The number of fused-ring (bicyclic) bond motifs is 7. The van der Waals surface area contributed by atoms with Gasteiger partial charge in [0.2, 0.25) is 0 Å². The van der Waals surface area contributed by atoms with E-state index < -0.39 is 0 Å². The monoisotopic (exact) mass is 701 g/mol. The summed E-state index contributed by atoms with van der Waals surface area (Å²) in [5.41, 5.74) is 12.8. The number of anilines is 3. The van der Waals surface area contributed by atoms with Crippen molar-refractivity contribution in [3.05, 3.63) is 212 Å². The van der Waals surface area contributed by atoms with E-state index in [1.54, 1.807) is 0 Å². The molecule has 9 aromatic carbocycles. The Labute approximate surface area is 319 Å². The maximum atomic E-state index is 2.40. The molecule has 0 amide bonds. The van der Waals surface area contributed by atoms with Crippen LogP contribution in [-0.4, -0.2) is 9.13 Å². The molecule has 55 heavy (non-hydrogen) atoms. The Kier molecular flexibility index (Phi) is 7.17. The van der Waals surface area contributed by atoms with Crippen molar-refractivity contribution in [1.82, 2.24) is 9.13 Å². The van der Waals surface area contributed by atoms with E-state index >= 15 is 0 Å². The number of hydrogen-bond acceptors (Lipinski definition) is 1. The fraction of sp³-hybridized carbons (Fsp3) is 0. The molecule has 0 unspecified atom stereocenters. The van der Waals surface area contributed by atoms with Gasteiger partial charge in [0.15, 0.2) is 0 Å². The fourth-order valence-electron chi connectivity index (χ4n) is 8.52. The summed E-state index contributed by atoms with van der Waals surface area (Å²) in [6, 6.07) is 76.8. The number of nitrogens with zero attached hydrogens (tertiary/aromatic N) is 3. The summed E-state index contributed by atoms with van der Waals surface area (Å²) >= 11 is 0. The van der Waals surface area contributed by atoms with Gasteiger partial charge in [-0.25, -0.2) is 0 Å². The van der Waals surface area contributed by atoms with Crippen LogP contribution in [0.15, 0.2) is 212 Å². The van der Waals surface area contributed by atoms with Gasteiger partial charge in [0.1, 0.15) is 0 Å².